The van der Waals surface area contributed by atoms with Gasteiger partial charge in [0, 0.05) is 17.9 Å². The van der Waals surface area contributed by atoms with Crippen LogP contribution in [0.4, 0.5) is 18.9 Å². The zero-order chi connectivity index (χ0) is 23.8. The van der Waals surface area contributed by atoms with Crippen LogP contribution in [0.3, 0.4) is 0 Å². The molecule has 1 aliphatic rings. The van der Waals surface area contributed by atoms with Gasteiger partial charge in [-0.25, -0.2) is 4.98 Å². The highest BCUT2D eigenvalue weighted by molar-refractivity contribution is 8.00. The van der Waals surface area contributed by atoms with Crippen molar-refractivity contribution in [1.82, 2.24) is 9.55 Å². The third kappa shape index (κ3) is 5.34. The van der Waals surface area contributed by atoms with Crippen molar-refractivity contribution in [1.29, 1.82) is 0 Å². The zero-order valence-electron chi connectivity index (χ0n) is 16.6. The van der Waals surface area contributed by atoms with E-state index in [2.05, 4.69) is 10.3 Å². The predicted octanol–water partition coefficient (Wildman–Crippen LogP) is 5.94. The number of hydrogen-bond donors (Lipinski definition) is 1. The molecule has 1 amide bonds. The molecule has 12 heteroatoms. The number of aromatic nitrogens is 2. The molecule has 0 spiro atoms. The fourth-order valence-corrected chi connectivity index (χ4v) is 5.29. The lowest BCUT2D eigenvalue weighted by molar-refractivity contribution is -0.137. The normalized spacial score (nSPS) is 13.1. The maximum Gasteiger partial charge on any atom is 0.416 e. The first-order valence-electron chi connectivity index (χ1n) is 9.47. The first-order valence-corrected chi connectivity index (χ1v) is 12.2. The summed E-state index contributed by atoms with van der Waals surface area (Å²) < 4.78 is 40.8. The third-order valence-corrected chi connectivity index (χ3v) is 7.42. The van der Waals surface area contributed by atoms with Gasteiger partial charge in [0.1, 0.15) is 0 Å². The second-order valence-electron chi connectivity index (χ2n) is 6.92. The van der Waals surface area contributed by atoms with E-state index in [0.717, 1.165) is 28.5 Å². The maximum atomic E-state index is 13.2. The van der Waals surface area contributed by atoms with Gasteiger partial charge >= 0.3 is 6.18 Å². The van der Waals surface area contributed by atoms with Gasteiger partial charge in [0.25, 0.3) is 5.56 Å². The first-order chi connectivity index (χ1) is 15.6. The van der Waals surface area contributed by atoms with Crippen molar-refractivity contribution >= 4 is 58.3 Å². The standard InChI is InChI=1S/C21H14Cl2F3N3O2S2/c22-14-5-4-12(9-15(14)23)27-17(30)10-33-20-28-16-6-7-32-18(16)19(31)29(20)13-3-1-2-11(8-13)21(24,25)26/h1-5,8-9H,6-7,10H2,(H,27,30). The van der Waals surface area contributed by atoms with E-state index in [9.17, 15) is 22.8 Å². The molecule has 3 aromatic rings. The molecule has 0 bridgehead atoms. The minimum absolute atomic E-state index is 0.0324. The number of rotatable bonds is 5. The van der Waals surface area contributed by atoms with Gasteiger partial charge in [-0.2, -0.15) is 13.2 Å². The van der Waals surface area contributed by atoms with Crippen molar-refractivity contribution in [3.05, 3.63) is 74.1 Å². The van der Waals surface area contributed by atoms with Gasteiger partial charge in [-0.3, -0.25) is 14.2 Å². The summed E-state index contributed by atoms with van der Waals surface area (Å²) in [6.07, 6.45) is -3.99. The molecule has 1 N–H and O–H groups in total. The number of carbonyl (C=O) groups excluding carboxylic acids is 1. The topological polar surface area (TPSA) is 64.0 Å². The number of carbonyl (C=O) groups is 1. The lowest BCUT2D eigenvalue weighted by Crippen LogP contribution is -2.25. The highest BCUT2D eigenvalue weighted by Crippen LogP contribution is 2.33. The molecule has 1 aliphatic heterocycles. The van der Waals surface area contributed by atoms with Crippen molar-refractivity contribution in [2.75, 3.05) is 16.8 Å². The minimum atomic E-state index is -4.56. The number of nitrogens with one attached hydrogen (secondary N) is 1. The predicted molar refractivity (Wildman–Crippen MR) is 125 cm³/mol. The molecule has 33 heavy (non-hydrogen) atoms. The Hall–Kier alpha value is -2.14. The van der Waals surface area contributed by atoms with E-state index in [4.69, 9.17) is 23.2 Å². The molecule has 5 nitrogen and oxygen atoms in total. The second kappa shape index (κ2) is 9.61. The molecule has 0 fully saturated rings. The molecule has 0 radical (unpaired) electrons. The number of hydrogen-bond acceptors (Lipinski definition) is 5. The van der Waals surface area contributed by atoms with E-state index < -0.39 is 23.2 Å². The number of thioether (sulfide) groups is 2. The smallest absolute Gasteiger partial charge is 0.325 e. The molecule has 172 valence electrons. The van der Waals surface area contributed by atoms with E-state index in [1.807, 2.05) is 0 Å². The van der Waals surface area contributed by atoms with Crippen molar-refractivity contribution in [2.24, 2.45) is 0 Å². The molecular weight excluding hydrogens is 518 g/mol. The molecule has 2 aromatic carbocycles. The fourth-order valence-electron chi connectivity index (χ4n) is 3.14. The van der Waals surface area contributed by atoms with Crippen LogP contribution in [0.15, 0.2) is 57.3 Å². The van der Waals surface area contributed by atoms with Crippen LogP contribution < -0.4 is 10.9 Å². The summed E-state index contributed by atoms with van der Waals surface area (Å²) in [6.45, 7) is 0. The van der Waals surface area contributed by atoms with Gasteiger partial charge in [-0.1, -0.05) is 41.0 Å². The highest BCUT2D eigenvalue weighted by atomic mass is 35.5. The van der Waals surface area contributed by atoms with Crippen LogP contribution in [0.25, 0.3) is 5.69 Å². The SMILES string of the molecule is O=C(CSc1nc2c(c(=O)n1-c1cccc(C(F)(F)F)c1)SCC2)Nc1ccc(Cl)c(Cl)c1. The number of aryl methyl sites for hydroxylation is 1. The highest BCUT2D eigenvalue weighted by Gasteiger charge is 2.31. The van der Waals surface area contributed by atoms with Crippen LogP contribution in [0.5, 0.6) is 0 Å². The summed E-state index contributed by atoms with van der Waals surface area (Å²) in [4.78, 5) is 30.5. The van der Waals surface area contributed by atoms with Crippen molar-refractivity contribution in [3.63, 3.8) is 0 Å². The molecule has 0 atom stereocenters. The molecular formula is C21H14Cl2F3N3O2S2. The summed E-state index contributed by atoms with van der Waals surface area (Å²) in [5.41, 5.74) is -0.281. The van der Waals surface area contributed by atoms with Crippen LogP contribution in [0.1, 0.15) is 11.3 Å². The van der Waals surface area contributed by atoms with E-state index >= 15 is 0 Å². The monoisotopic (exact) mass is 531 g/mol. The van der Waals surface area contributed by atoms with Crippen LogP contribution >= 0.6 is 46.7 Å². The van der Waals surface area contributed by atoms with Crippen molar-refractivity contribution in [3.8, 4) is 5.69 Å². The largest absolute Gasteiger partial charge is 0.416 e. The molecule has 1 aromatic heterocycles. The Balaban J connectivity index is 1.64. The number of amides is 1. The van der Waals surface area contributed by atoms with Crippen molar-refractivity contribution < 1.29 is 18.0 Å². The number of nitrogens with zero attached hydrogens (tertiary/aromatic N) is 2. The Kier molecular flexibility index (Phi) is 6.99. The molecule has 0 saturated carbocycles. The van der Waals surface area contributed by atoms with Gasteiger partial charge < -0.3 is 5.32 Å². The quantitative estimate of drug-likeness (QED) is 0.326. The average Bonchev–Trinajstić information content (AvgIpc) is 3.23. The molecule has 0 aliphatic carbocycles. The van der Waals surface area contributed by atoms with Crippen LogP contribution in [-0.4, -0.2) is 27.0 Å². The van der Waals surface area contributed by atoms with E-state index in [1.165, 1.54) is 36.0 Å². The molecule has 0 unspecified atom stereocenters. The van der Waals surface area contributed by atoms with Crippen LogP contribution in [0, 0.1) is 0 Å². The molecule has 0 saturated heterocycles. The fraction of sp³-hybridized carbons (Fsp3) is 0.190. The van der Waals surface area contributed by atoms with Gasteiger partial charge in [0.15, 0.2) is 5.16 Å². The summed E-state index contributed by atoms with van der Waals surface area (Å²) in [7, 11) is 0. The summed E-state index contributed by atoms with van der Waals surface area (Å²) in [5.74, 6) is 0.127. The molecule has 4 rings (SSSR count). The van der Waals surface area contributed by atoms with Gasteiger partial charge in [0.2, 0.25) is 5.91 Å². The Morgan fingerprint density at radius 2 is 1.97 bits per heavy atom. The summed E-state index contributed by atoms with van der Waals surface area (Å²) in [6, 6.07) is 9.09. The van der Waals surface area contributed by atoms with Crippen LogP contribution in [0.2, 0.25) is 10.0 Å². The van der Waals surface area contributed by atoms with Gasteiger partial charge in [-0.15, -0.1) is 11.8 Å². The maximum absolute atomic E-state index is 13.2. The lowest BCUT2D eigenvalue weighted by atomic mass is 10.2. The Bertz CT molecular complexity index is 1300. The van der Waals surface area contributed by atoms with Crippen molar-refractivity contribution in [2.45, 2.75) is 22.6 Å². The number of alkyl halides is 3. The summed E-state index contributed by atoms with van der Waals surface area (Å²) in [5, 5.41) is 3.43. The molecule has 2 heterocycles. The Labute approximate surface area is 204 Å². The number of anilines is 1. The van der Waals surface area contributed by atoms with E-state index in [1.54, 1.807) is 6.07 Å². The van der Waals surface area contributed by atoms with Gasteiger partial charge in [-0.05, 0) is 36.4 Å². The van der Waals surface area contributed by atoms with Crippen LogP contribution in [-0.2, 0) is 17.4 Å². The number of fused-ring (bicyclic) bond motifs is 1. The number of benzene rings is 2. The third-order valence-electron chi connectivity index (χ3n) is 4.63. The Morgan fingerprint density at radius 1 is 1.18 bits per heavy atom. The number of halogens is 5. The minimum Gasteiger partial charge on any atom is -0.325 e. The average molecular weight is 532 g/mol. The summed E-state index contributed by atoms with van der Waals surface area (Å²) >= 11 is 14.1. The van der Waals surface area contributed by atoms with Gasteiger partial charge in [0.05, 0.1) is 37.6 Å². The Morgan fingerprint density at radius 3 is 2.70 bits per heavy atom. The lowest BCUT2D eigenvalue weighted by Gasteiger charge is -2.15. The van der Waals surface area contributed by atoms with E-state index in [-0.39, 0.29) is 21.6 Å². The van der Waals surface area contributed by atoms with E-state index in [0.29, 0.717) is 33.5 Å². The first kappa shape index (κ1) is 24.0. The zero-order valence-corrected chi connectivity index (χ0v) is 19.7. The second-order valence-corrected chi connectivity index (χ2v) is 9.79.